The maximum absolute atomic E-state index is 12.0. The van der Waals surface area contributed by atoms with Gasteiger partial charge in [0.25, 0.3) is 5.91 Å². The number of nitrogens with one attached hydrogen (secondary N) is 1. The van der Waals surface area contributed by atoms with Crippen LogP contribution in [0.2, 0.25) is 0 Å². The molecule has 0 bridgehead atoms. The molecule has 0 saturated heterocycles. The first kappa shape index (κ1) is 15.4. The van der Waals surface area contributed by atoms with Gasteiger partial charge in [0, 0.05) is 15.6 Å². The zero-order valence-electron chi connectivity index (χ0n) is 12.2. The van der Waals surface area contributed by atoms with Crippen LogP contribution in [0.4, 0.5) is 0 Å². The number of carbonyl (C=O) groups excluding carboxylic acids is 1. The van der Waals surface area contributed by atoms with Crippen molar-refractivity contribution in [3.63, 3.8) is 0 Å². The van der Waals surface area contributed by atoms with Crippen molar-refractivity contribution in [2.45, 2.75) is 0 Å². The summed E-state index contributed by atoms with van der Waals surface area (Å²) in [6.07, 6.45) is 1.54. The first-order chi connectivity index (χ1) is 11.2. The maximum atomic E-state index is 12.0. The molecule has 2 aromatic carbocycles. The SMILES string of the molecule is COc1ccc(C(=O)N/N=C\c2cc3c(cc2Br)OCO3)cc1. The van der Waals surface area contributed by atoms with Crippen LogP contribution in [0.15, 0.2) is 46.0 Å². The molecule has 0 unspecified atom stereocenters. The molecule has 6 nitrogen and oxygen atoms in total. The standard InChI is InChI=1S/C16H13BrN2O4/c1-21-12-4-2-10(3-5-12)16(20)19-18-8-11-6-14-15(7-13(11)17)23-9-22-14/h2-8H,9H2,1H3,(H,19,20)/b18-8-. The van der Waals surface area contributed by atoms with Crippen LogP contribution >= 0.6 is 15.9 Å². The second-order valence-corrected chi connectivity index (χ2v) is 5.51. The van der Waals surface area contributed by atoms with Crippen molar-refractivity contribution in [2.24, 2.45) is 5.10 Å². The van der Waals surface area contributed by atoms with Crippen molar-refractivity contribution >= 4 is 28.1 Å². The summed E-state index contributed by atoms with van der Waals surface area (Å²) in [5.41, 5.74) is 3.74. The molecule has 0 aromatic heterocycles. The van der Waals surface area contributed by atoms with E-state index in [-0.39, 0.29) is 12.7 Å². The van der Waals surface area contributed by atoms with Crippen LogP contribution in [0, 0.1) is 0 Å². The van der Waals surface area contributed by atoms with Gasteiger partial charge in [-0.1, -0.05) is 0 Å². The molecule has 1 N–H and O–H groups in total. The number of nitrogens with zero attached hydrogens (tertiary/aromatic N) is 1. The van der Waals surface area contributed by atoms with Crippen LogP contribution in [0.5, 0.6) is 17.2 Å². The van der Waals surface area contributed by atoms with Gasteiger partial charge in [0.05, 0.1) is 13.3 Å². The monoisotopic (exact) mass is 376 g/mol. The van der Waals surface area contributed by atoms with Gasteiger partial charge in [-0.2, -0.15) is 5.10 Å². The minimum absolute atomic E-state index is 0.205. The molecule has 23 heavy (non-hydrogen) atoms. The van der Waals surface area contributed by atoms with Crippen LogP contribution in [0.25, 0.3) is 0 Å². The van der Waals surface area contributed by atoms with Crippen molar-refractivity contribution in [3.05, 3.63) is 52.0 Å². The minimum atomic E-state index is -0.305. The van der Waals surface area contributed by atoms with E-state index in [9.17, 15) is 4.79 Å². The highest BCUT2D eigenvalue weighted by atomic mass is 79.9. The lowest BCUT2D eigenvalue weighted by atomic mass is 10.2. The van der Waals surface area contributed by atoms with Gasteiger partial charge < -0.3 is 14.2 Å². The fourth-order valence-corrected chi connectivity index (χ4v) is 2.42. The lowest BCUT2D eigenvalue weighted by Gasteiger charge is -2.03. The minimum Gasteiger partial charge on any atom is -0.497 e. The van der Waals surface area contributed by atoms with Gasteiger partial charge in [-0.3, -0.25) is 4.79 Å². The van der Waals surface area contributed by atoms with Crippen molar-refractivity contribution in [2.75, 3.05) is 13.9 Å². The van der Waals surface area contributed by atoms with Gasteiger partial charge in [-0.15, -0.1) is 0 Å². The molecule has 1 aliphatic rings. The predicted molar refractivity (Wildman–Crippen MR) is 88.3 cm³/mol. The van der Waals surface area contributed by atoms with Crippen LogP contribution in [-0.4, -0.2) is 26.0 Å². The van der Waals surface area contributed by atoms with Gasteiger partial charge in [0.15, 0.2) is 11.5 Å². The fourth-order valence-electron chi connectivity index (χ4n) is 2.00. The number of hydrogen-bond acceptors (Lipinski definition) is 5. The average Bonchev–Trinajstić information content (AvgIpc) is 3.02. The number of benzene rings is 2. The van der Waals surface area contributed by atoms with Gasteiger partial charge in [0.1, 0.15) is 5.75 Å². The predicted octanol–water partition coefficient (Wildman–Crippen LogP) is 2.95. The summed E-state index contributed by atoms with van der Waals surface area (Å²) in [6, 6.07) is 10.4. The molecule has 1 heterocycles. The molecular weight excluding hydrogens is 364 g/mol. The van der Waals surface area contributed by atoms with E-state index in [2.05, 4.69) is 26.5 Å². The zero-order valence-corrected chi connectivity index (χ0v) is 13.8. The van der Waals surface area contributed by atoms with Crippen LogP contribution in [0.1, 0.15) is 15.9 Å². The highest BCUT2D eigenvalue weighted by Gasteiger charge is 2.15. The molecule has 0 fully saturated rings. The normalized spacial score (nSPS) is 12.4. The summed E-state index contributed by atoms with van der Waals surface area (Å²) < 4.78 is 16.4. The van der Waals surface area contributed by atoms with E-state index in [1.54, 1.807) is 43.5 Å². The molecule has 0 spiro atoms. The van der Waals surface area contributed by atoms with Crippen LogP contribution < -0.4 is 19.6 Å². The van der Waals surface area contributed by atoms with E-state index in [0.717, 1.165) is 10.0 Å². The fraction of sp³-hybridized carbons (Fsp3) is 0.125. The zero-order chi connectivity index (χ0) is 16.2. The summed E-state index contributed by atoms with van der Waals surface area (Å²) >= 11 is 3.42. The Bertz CT molecular complexity index is 759. The number of methoxy groups -OCH3 is 1. The maximum Gasteiger partial charge on any atom is 0.271 e. The molecule has 0 aliphatic carbocycles. The molecule has 0 saturated carbocycles. The summed E-state index contributed by atoms with van der Waals surface area (Å²) in [5.74, 6) is 1.71. The van der Waals surface area contributed by atoms with Crippen LogP contribution in [0.3, 0.4) is 0 Å². The molecule has 7 heteroatoms. The van der Waals surface area contributed by atoms with E-state index in [4.69, 9.17) is 14.2 Å². The Morgan fingerprint density at radius 1 is 1.26 bits per heavy atom. The van der Waals surface area contributed by atoms with Crippen molar-refractivity contribution in [1.29, 1.82) is 0 Å². The summed E-state index contributed by atoms with van der Waals surface area (Å²) in [5, 5.41) is 3.96. The molecule has 1 aliphatic heterocycles. The summed E-state index contributed by atoms with van der Waals surface area (Å²) in [6.45, 7) is 0.205. The second kappa shape index (κ2) is 6.70. The van der Waals surface area contributed by atoms with E-state index < -0.39 is 0 Å². The lowest BCUT2D eigenvalue weighted by molar-refractivity contribution is 0.0955. The number of halogens is 1. The molecule has 1 amide bonds. The molecule has 3 rings (SSSR count). The van der Waals surface area contributed by atoms with Gasteiger partial charge in [-0.05, 0) is 52.3 Å². The Labute approximate surface area is 141 Å². The first-order valence-corrected chi connectivity index (χ1v) is 7.53. The molecule has 118 valence electrons. The topological polar surface area (TPSA) is 69.2 Å². The number of fused-ring (bicyclic) bond motifs is 1. The van der Waals surface area contributed by atoms with Crippen molar-refractivity contribution in [3.8, 4) is 17.2 Å². The second-order valence-electron chi connectivity index (χ2n) is 4.65. The van der Waals surface area contributed by atoms with E-state index in [1.165, 1.54) is 6.21 Å². The Morgan fingerprint density at radius 3 is 2.65 bits per heavy atom. The Balaban J connectivity index is 1.67. The number of amides is 1. The number of hydrogen-bond donors (Lipinski definition) is 1. The Kier molecular flexibility index (Phi) is 4.47. The quantitative estimate of drug-likeness (QED) is 0.657. The number of hydrazone groups is 1. The average molecular weight is 377 g/mol. The molecular formula is C16H13BrN2O4. The molecule has 0 atom stereocenters. The number of carbonyl (C=O) groups is 1. The summed E-state index contributed by atoms with van der Waals surface area (Å²) in [4.78, 5) is 12.0. The lowest BCUT2D eigenvalue weighted by Crippen LogP contribution is -2.17. The van der Waals surface area contributed by atoms with Crippen molar-refractivity contribution in [1.82, 2.24) is 5.43 Å². The van der Waals surface area contributed by atoms with E-state index in [1.807, 2.05) is 0 Å². The van der Waals surface area contributed by atoms with Crippen LogP contribution in [-0.2, 0) is 0 Å². The molecule has 0 radical (unpaired) electrons. The van der Waals surface area contributed by atoms with Gasteiger partial charge >= 0.3 is 0 Å². The Morgan fingerprint density at radius 2 is 1.96 bits per heavy atom. The van der Waals surface area contributed by atoms with E-state index in [0.29, 0.717) is 22.8 Å². The summed E-state index contributed by atoms with van der Waals surface area (Å²) in [7, 11) is 1.57. The Hall–Kier alpha value is -2.54. The van der Waals surface area contributed by atoms with Gasteiger partial charge in [0.2, 0.25) is 6.79 Å². The number of rotatable bonds is 4. The highest BCUT2D eigenvalue weighted by molar-refractivity contribution is 9.10. The third kappa shape index (κ3) is 3.45. The van der Waals surface area contributed by atoms with E-state index >= 15 is 0 Å². The largest absolute Gasteiger partial charge is 0.497 e. The number of ether oxygens (including phenoxy) is 3. The third-order valence-corrected chi connectivity index (χ3v) is 3.90. The highest BCUT2D eigenvalue weighted by Crippen LogP contribution is 2.36. The van der Waals surface area contributed by atoms with Gasteiger partial charge in [-0.25, -0.2) is 5.43 Å². The molecule has 2 aromatic rings. The smallest absolute Gasteiger partial charge is 0.271 e. The first-order valence-electron chi connectivity index (χ1n) is 6.74. The van der Waals surface area contributed by atoms with Crippen molar-refractivity contribution < 1.29 is 19.0 Å². The third-order valence-electron chi connectivity index (χ3n) is 3.21.